The standard InChI is InChI=1S/C17H25NO5/c1-11(2)22-13-8-6-7-12(9-13)10-14(15(19)20)18-16(21)23-17(3,4)5/h6-9,11,14H,10H2,1-5H3,(H,18,21)(H,19,20). The fourth-order valence-corrected chi connectivity index (χ4v) is 1.90. The van der Waals surface area contributed by atoms with Crippen LogP contribution in [-0.2, 0) is 16.0 Å². The van der Waals surface area contributed by atoms with E-state index in [0.29, 0.717) is 5.75 Å². The van der Waals surface area contributed by atoms with E-state index in [1.165, 1.54) is 0 Å². The maximum Gasteiger partial charge on any atom is 0.408 e. The van der Waals surface area contributed by atoms with Crippen LogP contribution in [0.5, 0.6) is 5.75 Å². The van der Waals surface area contributed by atoms with Crippen molar-refractivity contribution in [3.63, 3.8) is 0 Å². The number of carbonyl (C=O) groups excluding carboxylic acids is 1. The van der Waals surface area contributed by atoms with Gasteiger partial charge < -0.3 is 19.9 Å². The molecule has 128 valence electrons. The van der Waals surface area contributed by atoms with E-state index >= 15 is 0 Å². The van der Waals surface area contributed by atoms with E-state index in [2.05, 4.69) is 5.32 Å². The number of carbonyl (C=O) groups is 2. The van der Waals surface area contributed by atoms with Crippen LogP contribution in [0.1, 0.15) is 40.2 Å². The van der Waals surface area contributed by atoms with Crippen LogP contribution in [0.15, 0.2) is 24.3 Å². The fourth-order valence-electron chi connectivity index (χ4n) is 1.90. The quantitative estimate of drug-likeness (QED) is 0.840. The summed E-state index contributed by atoms with van der Waals surface area (Å²) in [6, 6.07) is 6.09. The van der Waals surface area contributed by atoms with Crippen molar-refractivity contribution in [1.82, 2.24) is 5.32 Å². The Hall–Kier alpha value is -2.24. The Kier molecular flexibility index (Phi) is 6.42. The van der Waals surface area contributed by atoms with E-state index < -0.39 is 23.7 Å². The number of ether oxygens (including phenoxy) is 2. The highest BCUT2D eigenvalue weighted by Crippen LogP contribution is 2.16. The average molecular weight is 323 g/mol. The fraction of sp³-hybridized carbons (Fsp3) is 0.529. The van der Waals surface area contributed by atoms with Crippen LogP contribution in [0.4, 0.5) is 4.79 Å². The summed E-state index contributed by atoms with van der Waals surface area (Å²) in [4.78, 5) is 23.1. The minimum atomic E-state index is -1.12. The molecule has 0 aliphatic rings. The van der Waals surface area contributed by atoms with E-state index in [4.69, 9.17) is 9.47 Å². The van der Waals surface area contributed by atoms with Gasteiger partial charge in [-0.05, 0) is 52.3 Å². The van der Waals surface area contributed by atoms with Gasteiger partial charge in [0.15, 0.2) is 0 Å². The van der Waals surface area contributed by atoms with E-state index in [-0.39, 0.29) is 12.5 Å². The van der Waals surface area contributed by atoms with Gasteiger partial charge in [0.25, 0.3) is 0 Å². The second kappa shape index (κ2) is 7.85. The molecule has 0 radical (unpaired) electrons. The molecule has 1 aromatic carbocycles. The third-order valence-electron chi connectivity index (χ3n) is 2.70. The van der Waals surface area contributed by atoms with Crippen molar-refractivity contribution >= 4 is 12.1 Å². The largest absolute Gasteiger partial charge is 0.491 e. The number of nitrogens with one attached hydrogen (secondary N) is 1. The summed E-state index contributed by atoms with van der Waals surface area (Å²) in [5.41, 5.74) is 0.0737. The number of hydrogen-bond acceptors (Lipinski definition) is 4. The molecule has 0 aliphatic carbocycles. The smallest absolute Gasteiger partial charge is 0.408 e. The maximum absolute atomic E-state index is 11.8. The summed E-state index contributed by atoms with van der Waals surface area (Å²) in [5.74, 6) is -0.454. The van der Waals surface area contributed by atoms with Gasteiger partial charge in [0, 0.05) is 6.42 Å². The number of hydrogen-bond donors (Lipinski definition) is 2. The Balaban J connectivity index is 2.76. The van der Waals surface area contributed by atoms with Gasteiger partial charge in [-0.25, -0.2) is 9.59 Å². The second-order valence-electron chi connectivity index (χ2n) is 6.56. The molecule has 1 atom stereocenters. The second-order valence-corrected chi connectivity index (χ2v) is 6.56. The summed E-state index contributed by atoms with van der Waals surface area (Å²) in [6.45, 7) is 8.98. The van der Waals surface area contributed by atoms with Gasteiger partial charge in [-0.1, -0.05) is 12.1 Å². The molecule has 0 fully saturated rings. The van der Waals surface area contributed by atoms with Crippen molar-refractivity contribution in [3.05, 3.63) is 29.8 Å². The van der Waals surface area contributed by atoms with Crippen molar-refractivity contribution in [3.8, 4) is 5.75 Å². The van der Waals surface area contributed by atoms with Crippen molar-refractivity contribution in [1.29, 1.82) is 0 Å². The Morgan fingerprint density at radius 2 is 1.91 bits per heavy atom. The third-order valence-corrected chi connectivity index (χ3v) is 2.70. The molecule has 6 nitrogen and oxygen atoms in total. The van der Waals surface area contributed by atoms with Gasteiger partial charge in [-0.2, -0.15) is 0 Å². The van der Waals surface area contributed by atoms with Crippen LogP contribution >= 0.6 is 0 Å². The predicted octanol–water partition coefficient (Wildman–Crippen LogP) is 2.99. The molecule has 2 N–H and O–H groups in total. The van der Waals surface area contributed by atoms with Crippen molar-refractivity contribution < 1.29 is 24.2 Å². The van der Waals surface area contributed by atoms with Gasteiger partial charge in [0.2, 0.25) is 0 Å². The Morgan fingerprint density at radius 1 is 1.26 bits per heavy atom. The molecule has 0 saturated heterocycles. The lowest BCUT2D eigenvalue weighted by Gasteiger charge is -2.22. The zero-order valence-electron chi connectivity index (χ0n) is 14.3. The first kappa shape index (κ1) is 18.8. The van der Waals surface area contributed by atoms with Gasteiger partial charge in [0.05, 0.1) is 6.10 Å². The minimum absolute atomic E-state index is 0.0282. The number of benzene rings is 1. The molecule has 1 rings (SSSR count). The van der Waals surface area contributed by atoms with Crippen molar-refractivity contribution in [2.45, 2.75) is 58.8 Å². The minimum Gasteiger partial charge on any atom is -0.491 e. The summed E-state index contributed by atoms with van der Waals surface area (Å²) >= 11 is 0. The van der Waals surface area contributed by atoms with Crippen LogP contribution in [0.2, 0.25) is 0 Å². The molecule has 0 aromatic heterocycles. The van der Waals surface area contributed by atoms with E-state index in [1.54, 1.807) is 45.0 Å². The molecule has 0 heterocycles. The highest BCUT2D eigenvalue weighted by molar-refractivity contribution is 5.80. The number of amides is 1. The van der Waals surface area contributed by atoms with Crippen molar-refractivity contribution in [2.24, 2.45) is 0 Å². The molecular weight excluding hydrogens is 298 g/mol. The lowest BCUT2D eigenvalue weighted by Crippen LogP contribution is -2.44. The highest BCUT2D eigenvalue weighted by atomic mass is 16.6. The maximum atomic E-state index is 11.8. The van der Waals surface area contributed by atoms with E-state index in [1.807, 2.05) is 13.8 Å². The van der Waals surface area contributed by atoms with Gasteiger partial charge >= 0.3 is 12.1 Å². The molecule has 0 saturated carbocycles. The molecular formula is C17H25NO5. The van der Waals surface area contributed by atoms with Crippen LogP contribution < -0.4 is 10.1 Å². The molecule has 6 heteroatoms. The van der Waals surface area contributed by atoms with Crippen LogP contribution in [0.3, 0.4) is 0 Å². The van der Waals surface area contributed by atoms with Crippen LogP contribution in [0, 0.1) is 0 Å². The zero-order valence-corrected chi connectivity index (χ0v) is 14.3. The summed E-state index contributed by atoms with van der Waals surface area (Å²) in [5, 5.41) is 11.7. The molecule has 1 amide bonds. The summed E-state index contributed by atoms with van der Waals surface area (Å²) in [7, 11) is 0. The average Bonchev–Trinajstić information content (AvgIpc) is 2.35. The van der Waals surface area contributed by atoms with Crippen molar-refractivity contribution in [2.75, 3.05) is 0 Å². The molecule has 23 heavy (non-hydrogen) atoms. The van der Waals surface area contributed by atoms with E-state index in [9.17, 15) is 14.7 Å². The molecule has 1 aromatic rings. The number of rotatable bonds is 6. The normalized spacial score (nSPS) is 12.6. The predicted molar refractivity (Wildman–Crippen MR) is 86.7 cm³/mol. The SMILES string of the molecule is CC(C)Oc1cccc(CC(NC(=O)OC(C)(C)C)C(=O)O)c1. The Morgan fingerprint density at radius 3 is 2.43 bits per heavy atom. The van der Waals surface area contributed by atoms with Crippen LogP contribution in [0.25, 0.3) is 0 Å². The molecule has 0 aliphatic heterocycles. The molecule has 1 unspecified atom stereocenters. The van der Waals surface area contributed by atoms with Gasteiger partial charge in [-0.3, -0.25) is 0 Å². The van der Waals surface area contributed by atoms with Crippen LogP contribution in [-0.4, -0.2) is 34.9 Å². The third kappa shape index (κ3) is 7.54. The van der Waals surface area contributed by atoms with E-state index in [0.717, 1.165) is 5.56 Å². The molecule has 0 spiro atoms. The number of aliphatic carboxylic acids is 1. The lowest BCUT2D eigenvalue weighted by molar-refractivity contribution is -0.139. The number of carboxylic acid groups (broad SMARTS) is 1. The topological polar surface area (TPSA) is 84.9 Å². The highest BCUT2D eigenvalue weighted by Gasteiger charge is 2.24. The number of carboxylic acids is 1. The number of alkyl carbamates (subject to hydrolysis) is 1. The first-order chi connectivity index (χ1) is 10.6. The monoisotopic (exact) mass is 323 g/mol. The zero-order chi connectivity index (χ0) is 17.6. The Labute approximate surface area is 136 Å². The lowest BCUT2D eigenvalue weighted by atomic mass is 10.1. The summed E-state index contributed by atoms with van der Waals surface area (Å²) in [6.07, 6.45) is -0.580. The molecule has 0 bridgehead atoms. The first-order valence-electron chi connectivity index (χ1n) is 7.55. The summed E-state index contributed by atoms with van der Waals surface area (Å²) < 4.78 is 10.7. The van der Waals surface area contributed by atoms with Gasteiger partial charge in [0.1, 0.15) is 17.4 Å². The Bertz CT molecular complexity index is 548. The van der Waals surface area contributed by atoms with Gasteiger partial charge in [-0.15, -0.1) is 0 Å². The first-order valence-corrected chi connectivity index (χ1v) is 7.55.